The van der Waals surface area contributed by atoms with E-state index in [0.29, 0.717) is 17.7 Å². The van der Waals surface area contributed by atoms with Gasteiger partial charge in [0.1, 0.15) is 11.9 Å². The second-order valence-electron chi connectivity index (χ2n) is 4.36. The Morgan fingerprint density at radius 1 is 1.44 bits per heavy atom. The van der Waals surface area contributed by atoms with Crippen LogP contribution in [0.25, 0.3) is 0 Å². The van der Waals surface area contributed by atoms with Crippen molar-refractivity contribution in [2.24, 2.45) is 0 Å². The summed E-state index contributed by atoms with van der Waals surface area (Å²) < 4.78 is 5.61. The molecule has 6 nitrogen and oxygen atoms in total. The van der Waals surface area contributed by atoms with E-state index in [4.69, 9.17) is 4.74 Å². The number of nitrogens with zero attached hydrogens (tertiary/aromatic N) is 1. The Morgan fingerprint density at radius 2 is 2.22 bits per heavy atom. The molecule has 0 amide bonds. The van der Waals surface area contributed by atoms with Crippen molar-refractivity contribution in [2.75, 3.05) is 0 Å². The normalized spacial score (nSPS) is 23.0. The number of hydrogen-bond acceptors (Lipinski definition) is 5. The zero-order valence-corrected chi connectivity index (χ0v) is 9.78. The molecule has 0 aromatic heterocycles. The van der Waals surface area contributed by atoms with E-state index >= 15 is 0 Å². The highest BCUT2D eigenvalue weighted by Gasteiger charge is 2.27. The minimum absolute atomic E-state index is 0.0848. The highest BCUT2D eigenvalue weighted by Crippen LogP contribution is 2.29. The minimum atomic E-state index is -0.520. The van der Waals surface area contributed by atoms with Crippen LogP contribution in [0.4, 0.5) is 5.69 Å². The number of non-ortho nitro benzene ring substituents is 1. The fourth-order valence-electron chi connectivity index (χ4n) is 2.12. The average Bonchev–Trinajstić information content (AvgIpc) is 2.75. The van der Waals surface area contributed by atoms with Crippen LogP contribution in [-0.4, -0.2) is 27.3 Å². The first-order chi connectivity index (χ1) is 8.61. The number of nitro groups is 1. The molecular weight excluding hydrogens is 238 g/mol. The summed E-state index contributed by atoms with van der Waals surface area (Å²) in [5, 5.41) is 29.5. The first-order valence-electron chi connectivity index (χ1n) is 5.84. The number of rotatable bonds is 4. The Hall–Kier alpha value is -1.66. The summed E-state index contributed by atoms with van der Waals surface area (Å²) in [7, 11) is 0. The minimum Gasteiger partial charge on any atom is -0.487 e. The Bertz CT molecular complexity index is 448. The van der Waals surface area contributed by atoms with Gasteiger partial charge in [0.2, 0.25) is 0 Å². The van der Waals surface area contributed by atoms with E-state index < -0.39 is 11.0 Å². The van der Waals surface area contributed by atoms with Gasteiger partial charge in [-0.3, -0.25) is 10.1 Å². The van der Waals surface area contributed by atoms with Crippen molar-refractivity contribution < 1.29 is 19.9 Å². The van der Waals surface area contributed by atoms with E-state index in [9.17, 15) is 20.3 Å². The third kappa shape index (κ3) is 2.60. The molecule has 1 aliphatic rings. The van der Waals surface area contributed by atoms with E-state index in [1.54, 1.807) is 0 Å². The number of aliphatic hydroxyl groups is 2. The SMILES string of the molecule is O=[N+]([O-])c1ccc(OC2CCCC2O)c(CO)c1. The second-order valence-corrected chi connectivity index (χ2v) is 4.36. The second kappa shape index (κ2) is 5.32. The van der Waals surface area contributed by atoms with Crippen LogP contribution in [0.2, 0.25) is 0 Å². The third-order valence-electron chi connectivity index (χ3n) is 3.12. The lowest BCUT2D eigenvalue weighted by Crippen LogP contribution is -2.26. The van der Waals surface area contributed by atoms with Gasteiger partial charge in [-0.25, -0.2) is 0 Å². The maximum absolute atomic E-state index is 10.6. The lowest BCUT2D eigenvalue weighted by Gasteiger charge is -2.18. The van der Waals surface area contributed by atoms with Crippen LogP contribution < -0.4 is 4.74 Å². The predicted octanol–water partition coefficient (Wildman–Crippen LogP) is 1.38. The largest absolute Gasteiger partial charge is 0.487 e. The van der Waals surface area contributed by atoms with Gasteiger partial charge >= 0.3 is 0 Å². The summed E-state index contributed by atoms with van der Waals surface area (Å²) in [6, 6.07) is 4.08. The quantitative estimate of drug-likeness (QED) is 0.624. The van der Waals surface area contributed by atoms with Crippen LogP contribution in [-0.2, 0) is 6.61 Å². The predicted molar refractivity (Wildman–Crippen MR) is 63.3 cm³/mol. The molecule has 0 spiro atoms. The number of ether oxygens (including phenoxy) is 1. The molecule has 0 saturated heterocycles. The topological polar surface area (TPSA) is 92.8 Å². The van der Waals surface area contributed by atoms with Crippen molar-refractivity contribution in [3.8, 4) is 5.75 Å². The Kier molecular flexibility index (Phi) is 3.78. The molecule has 0 radical (unpaired) electrons. The van der Waals surface area contributed by atoms with Crippen molar-refractivity contribution in [2.45, 2.75) is 38.1 Å². The van der Waals surface area contributed by atoms with Crippen LogP contribution in [0.3, 0.4) is 0 Å². The monoisotopic (exact) mass is 253 g/mol. The zero-order chi connectivity index (χ0) is 13.1. The highest BCUT2D eigenvalue weighted by atomic mass is 16.6. The van der Waals surface area contributed by atoms with Crippen LogP contribution in [0.5, 0.6) is 5.75 Å². The number of benzene rings is 1. The van der Waals surface area contributed by atoms with Gasteiger partial charge in [-0.2, -0.15) is 0 Å². The Morgan fingerprint density at radius 3 is 2.78 bits per heavy atom. The van der Waals surface area contributed by atoms with E-state index in [1.165, 1.54) is 18.2 Å². The highest BCUT2D eigenvalue weighted by molar-refractivity contribution is 5.43. The molecule has 1 saturated carbocycles. The summed E-state index contributed by atoms with van der Waals surface area (Å²) in [5.41, 5.74) is 0.279. The van der Waals surface area contributed by atoms with Gasteiger partial charge in [0.25, 0.3) is 5.69 Å². The molecule has 2 rings (SSSR count). The van der Waals surface area contributed by atoms with Crippen LogP contribution in [0, 0.1) is 10.1 Å². The van der Waals surface area contributed by atoms with Gasteiger partial charge in [0.05, 0.1) is 17.6 Å². The Labute approximate surface area is 104 Å². The van der Waals surface area contributed by atoms with Crippen LogP contribution >= 0.6 is 0 Å². The van der Waals surface area contributed by atoms with Gasteiger partial charge in [-0.15, -0.1) is 0 Å². The average molecular weight is 253 g/mol. The van der Waals surface area contributed by atoms with Crippen molar-refractivity contribution >= 4 is 5.69 Å². The molecule has 2 unspecified atom stereocenters. The smallest absolute Gasteiger partial charge is 0.270 e. The standard InChI is InChI=1S/C12H15NO5/c14-7-8-6-9(13(16)17)4-5-11(8)18-12-3-1-2-10(12)15/h4-6,10,12,14-15H,1-3,7H2. The zero-order valence-electron chi connectivity index (χ0n) is 9.78. The first kappa shape index (κ1) is 12.8. The van der Waals surface area contributed by atoms with Crippen molar-refractivity contribution in [3.63, 3.8) is 0 Å². The number of nitro benzene ring substituents is 1. The molecule has 98 valence electrons. The maximum atomic E-state index is 10.6. The molecule has 0 heterocycles. The van der Waals surface area contributed by atoms with Gasteiger partial charge in [0, 0.05) is 17.7 Å². The van der Waals surface area contributed by atoms with E-state index in [2.05, 4.69) is 0 Å². The van der Waals surface area contributed by atoms with Crippen molar-refractivity contribution in [3.05, 3.63) is 33.9 Å². The molecule has 1 aromatic rings. The molecule has 1 aromatic carbocycles. The van der Waals surface area contributed by atoms with Gasteiger partial charge in [-0.1, -0.05) is 0 Å². The molecule has 0 bridgehead atoms. The van der Waals surface area contributed by atoms with Gasteiger partial charge in [0.15, 0.2) is 0 Å². The number of hydrogen-bond donors (Lipinski definition) is 2. The molecule has 0 aliphatic heterocycles. The summed E-state index contributed by atoms with van der Waals surface area (Å²) in [6.07, 6.45) is 1.55. The Balaban J connectivity index is 2.19. The third-order valence-corrected chi connectivity index (χ3v) is 3.12. The first-order valence-corrected chi connectivity index (χ1v) is 5.84. The lowest BCUT2D eigenvalue weighted by molar-refractivity contribution is -0.385. The van der Waals surface area contributed by atoms with Gasteiger partial charge < -0.3 is 14.9 Å². The maximum Gasteiger partial charge on any atom is 0.270 e. The van der Waals surface area contributed by atoms with E-state index in [-0.39, 0.29) is 18.4 Å². The molecular formula is C12H15NO5. The molecule has 1 fully saturated rings. The lowest BCUT2D eigenvalue weighted by atomic mass is 10.2. The number of aliphatic hydroxyl groups excluding tert-OH is 2. The summed E-state index contributed by atoms with van der Waals surface area (Å²) in [6.45, 7) is -0.334. The van der Waals surface area contributed by atoms with E-state index in [0.717, 1.165) is 12.8 Å². The molecule has 18 heavy (non-hydrogen) atoms. The van der Waals surface area contributed by atoms with E-state index in [1.807, 2.05) is 0 Å². The van der Waals surface area contributed by atoms with Gasteiger partial charge in [-0.05, 0) is 25.3 Å². The fourth-order valence-corrected chi connectivity index (χ4v) is 2.12. The summed E-state index contributed by atoms with van der Waals surface area (Å²) in [5.74, 6) is 0.397. The van der Waals surface area contributed by atoms with Crippen molar-refractivity contribution in [1.82, 2.24) is 0 Å². The van der Waals surface area contributed by atoms with Crippen LogP contribution in [0.15, 0.2) is 18.2 Å². The molecule has 1 aliphatic carbocycles. The molecule has 2 atom stereocenters. The molecule has 6 heteroatoms. The van der Waals surface area contributed by atoms with Crippen molar-refractivity contribution in [1.29, 1.82) is 0 Å². The summed E-state index contributed by atoms with van der Waals surface area (Å²) in [4.78, 5) is 10.1. The van der Waals surface area contributed by atoms with Crippen LogP contribution in [0.1, 0.15) is 24.8 Å². The summed E-state index contributed by atoms with van der Waals surface area (Å²) >= 11 is 0. The fraction of sp³-hybridized carbons (Fsp3) is 0.500. The molecule has 2 N–H and O–H groups in total.